The average molecular weight is 266 g/mol. The number of nitrogens with zero attached hydrogens (tertiary/aromatic N) is 1. The van der Waals surface area contributed by atoms with Crippen LogP contribution in [0, 0.1) is 10.1 Å². The molecule has 104 valence electrons. The first kappa shape index (κ1) is 14.9. The maximum atomic E-state index is 11.0. The Morgan fingerprint density at radius 1 is 1.37 bits per heavy atom. The molecule has 19 heavy (non-hydrogen) atoms. The van der Waals surface area contributed by atoms with Crippen LogP contribution in [0.25, 0.3) is 0 Å². The van der Waals surface area contributed by atoms with E-state index in [0.29, 0.717) is 18.8 Å². The molecule has 0 fully saturated rings. The van der Waals surface area contributed by atoms with Gasteiger partial charge in [0.15, 0.2) is 0 Å². The summed E-state index contributed by atoms with van der Waals surface area (Å²) in [4.78, 5) is 21.4. The van der Waals surface area contributed by atoms with Gasteiger partial charge in [0, 0.05) is 24.7 Å². The molecule has 0 spiro atoms. The van der Waals surface area contributed by atoms with Crippen molar-refractivity contribution in [3.8, 4) is 0 Å². The minimum absolute atomic E-state index is 0.126. The van der Waals surface area contributed by atoms with E-state index in [9.17, 15) is 14.9 Å². The highest BCUT2D eigenvalue weighted by molar-refractivity contribution is 5.94. The Bertz CT molecular complexity index is 462. The molecule has 0 radical (unpaired) electrons. The predicted octanol–water partition coefficient (Wildman–Crippen LogP) is 1.11. The maximum Gasteiger partial charge on any atom is 0.293 e. The summed E-state index contributed by atoms with van der Waals surface area (Å²) in [5.41, 5.74) is 5.46. The fourth-order valence-electron chi connectivity index (χ4n) is 1.57. The third kappa shape index (κ3) is 4.55. The van der Waals surface area contributed by atoms with Crippen molar-refractivity contribution in [1.82, 2.24) is 5.32 Å². The standard InChI is InChI=1S/C12H18N4O3/c1-2-5-14-6-7-15-10-4-3-9(12(13)17)8-11(10)16(18)19/h3-4,8,14-15H,2,5-7H2,1H3,(H2,13,17). The van der Waals surface area contributed by atoms with Crippen LogP contribution in [0.3, 0.4) is 0 Å². The van der Waals surface area contributed by atoms with Gasteiger partial charge in [-0.25, -0.2) is 0 Å². The summed E-state index contributed by atoms with van der Waals surface area (Å²) in [5, 5.41) is 17.1. The van der Waals surface area contributed by atoms with E-state index in [1.807, 2.05) is 0 Å². The number of carbonyl (C=O) groups is 1. The lowest BCUT2D eigenvalue weighted by atomic mass is 10.1. The van der Waals surface area contributed by atoms with Crippen LogP contribution in [-0.4, -0.2) is 30.5 Å². The number of amides is 1. The monoisotopic (exact) mass is 266 g/mol. The Morgan fingerprint density at radius 2 is 2.11 bits per heavy atom. The third-order valence-corrected chi connectivity index (χ3v) is 2.52. The molecule has 0 aliphatic heterocycles. The zero-order valence-corrected chi connectivity index (χ0v) is 10.8. The van der Waals surface area contributed by atoms with Gasteiger partial charge in [0.05, 0.1) is 4.92 Å². The predicted molar refractivity (Wildman–Crippen MR) is 73.3 cm³/mol. The van der Waals surface area contributed by atoms with Crippen molar-refractivity contribution in [2.75, 3.05) is 25.0 Å². The van der Waals surface area contributed by atoms with Crippen molar-refractivity contribution in [1.29, 1.82) is 0 Å². The maximum absolute atomic E-state index is 11.0. The van der Waals surface area contributed by atoms with Crippen LogP contribution in [0.2, 0.25) is 0 Å². The Morgan fingerprint density at radius 3 is 2.68 bits per heavy atom. The fourth-order valence-corrected chi connectivity index (χ4v) is 1.57. The molecular formula is C12H18N4O3. The fraction of sp³-hybridized carbons (Fsp3) is 0.417. The lowest BCUT2D eigenvalue weighted by molar-refractivity contribution is -0.384. The van der Waals surface area contributed by atoms with Gasteiger partial charge in [-0.3, -0.25) is 14.9 Å². The van der Waals surface area contributed by atoms with Gasteiger partial charge in [-0.2, -0.15) is 0 Å². The molecule has 0 heterocycles. The molecule has 1 rings (SSSR count). The average Bonchev–Trinajstić information content (AvgIpc) is 2.38. The van der Waals surface area contributed by atoms with Crippen molar-refractivity contribution in [2.24, 2.45) is 5.73 Å². The molecule has 1 aromatic carbocycles. The van der Waals surface area contributed by atoms with E-state index in [2.05, 4.69) is 17.6 Å². The topological polar surface area (TPSA) is 110 Å². The van der Waals surface area contributed by atoms with Crippen molar-refractivity contribution in [3.05, 3.63) is 33.9 Å². The lowest BCUT2D eigenvalue weighted by Crippen LogP contribution is -2.23. The van der Waals surface area contributed by atoms with Crippen molar-refractivity contribution in [2.45, 2.75) is 13.3 Å². The molecule has 0 aromatic heterocycles. The summed E-state index contributed by atoms with van der Waals surface area (Å²) in [5.74, 6) is -0.681. The van der Waals surface area contributed by atoms with Crippen LogP contribution in [0.1, 0.15) is 23.7 Å². The van der Waals surface area contributed by atoms with E-state index in [4.69, 9.17) is 5.73 Å². The van der Waals surface area contributed by atoms with Crippen LogP contribution in [0.5, 0.6) is 0 Å². The van der Waals surface area contributed by atoms with Crippen molar-refractivity contribution >= 4 is 17.3 Å². The van der Waals surface area contributed by atoms with Crippen LogP contribution >= 0.6 is 0 Å². The summed E-state index contributed by atoms with van der Waals surface area (Å²) in [7, 11) is 0. The van der Waals surface area contributed by atoms with Crippen LogP contribution in [-0.2, 0) is 0 Å². The summed E-state index contributed by atoms with van der Waals surface area (Å²) in [6, 6.07) is 4.15. The second-order valence-electron chi connectivity index (χ2n) is 4.03. The molecule has 0 aliphatic carbocycles. The molecule has 1 aromatic rings. The molecule has 0 atom stereocenters. The summed E-state index contributed by atoms with van der Waals surface area (Å²) in [6.45, 7) is 4.25. The largest absolute Gasteiger partial charge is 0.378 e. The number of nitro groups is 1. The van der Waals surface area contributed by atoms with Crippen molar-refractivity contribution < 1.29 is 9.72 Å². The Hall–Kier alpha value is -2.15. The molecule has 7 heteroatoms. The van der Waals surface area contributed by atoms with E-state index >= 15 is 0 Å². The number of benzene rings is 1. The van der Waals surface area contributed by atoms with Gasteiger partial charge in [-0.15, -0.1) is 0 Å². The highest BCUT2D eigenvalue weighted by atomic mass is 16.6. The van der Waals surface area contributed by atoms with Crippen LogP contribution in [0.15, 0.2) is 18.2 Å². The number of nitrogens with one attached hydrogen (secondary N) is 2. The molecule has 4 N–H and O–H groups in total. The van der Waals surface area contributed by atoms with Gasteiger partial charge in [0.25, 0.3) is 5.69 Å². The van der Waals surface area contributed by atoms with E-state index in [0.717, 1.165) is 13.0 Å². The number of anilines is 1. The zero-order chi connectivity index (χ0) is 14.3. The molecule has 7 nitrogen and oxygen atoms in total. The summed E-state index contributed by atoms with van der Waals surface area (Å²) < 4.78 is 0. The number of primary amides is 1. The lowest BCUT2D eigenvalue weighted by Gasteiger charge is -2.08. The van der Waals surface area contributed by atoms with Crippen LogP contribution < -0.4 is 16.4 Å². The van der Waals surface area contributed by atoms with Gasteiger partial charge < -0.3 is 16.4 Å². The summed E-state index contributed by atoms with van der Waals surface area (Å²) in [6.07, 6.45) is 1.04. The minimum Gasteiger partial charge on any atom is -0.378 e. The smallest absolute Gasteiger partial charge is 0.293 e. The molecule has 1 amide bonds. The van der Waals surface area contributed by atoms with Gasteiger partial charge in [-0.1, -0.05) is 6.92 Å². The first-order valence-electron chi connectivity index (χ1n) is 6.09. The van der Waals surface area contributed by atoms with Gasteiger partial charge in [-0.05, 0) is 25.1 Å². The number of rotatable bonds is 8. The number of nitrogens with two attached hydrogens (primary N) is 1. The first-order chi connectivity index (χ1) is 9.06. The molecule has 0 bridgehead atoms. The molecule has 0 aliphatic rings. The number of hydrogen-bond donors (Lipinski definition) is 3. The zero-order valence-electron chi connectivity index (χ0n) is 10.8. The van der Waals surface area contributed by atoms with Gasteiger partial charge in [0.2, 0.25) is 5.91 Å². The van der Waals surface area contributed by atoms with Gasteiger partial charge >= 0.3 is 0 Å². The van der Waals surface area contributed by atoms with E-state index < -0.39 is 10.8 Å². The molecule has 0 saturated carbocycles. The third-order valence-electron chi connectivity index (χ3n) is 2.52. The highest BCUT2D eigenvalue weighted by Crippen LogP contribution is 2.25. The number of carbonyl (C=O) groups excluding carboxylic acids is 1. The normalized spacial score (nSPS) is 10.2. The Balaban J connectivity index is 2.71. The van der Waals surface area contributed by atoms with E-state index in [-0.39, 0.29) is 11.3 Å². The Labute approximate surface area is 111 Å². The first-order valence-corrected chi connectivity index (χ1v) is 6.09. The molecule has 0 unspecified atom stereocenters. The minimum atomic E-state index is -0.681. The SMILES string of the molecule is CCCNCCNc1ccc(C(N)=O)cc1[N+](=O)[O-]. The second-order valence-corrected chi connectivity index (χ2v) is 4.03. The number of hydrogen-bond acceptors (Lipinski definition) is 5. The molecule has 0 saturated heterocycles. The summed E-state index contributed by atoms with van der Waals surface area (Å²) >= 11 is 0. The second kappa shape index (κ2) is 7.32. The number of nitro benzene ring substituents is 1. The Kier molecular flexibility index (Phi) is 5.74. The highest BCUT2D eigenvalue weighted by Gasteiger charge is 2.15. The van der Waals surface area contributed by atoms with Gasteiger partial charge in [0.1, 0.15) is 5.69 Å². The van der Waals surface area contributed by atoms with E-state index in [1.165, 1.54) is 18.2 Å². The molecular weight excluding hydrogens is 248 g/mol. The van der Waals surface area contributed by atoms with E-state index in [1.54, 1.807) is 0 Å². The van der Waals surface area contributed by atoms with Crippen molar-refractivity contribution in [3.63, 3.8) is 0 Å². The quantitative estimate of drug-likeness (QED) is 0.371. The van der Waals surface area contributed by atoms with Crippen LogP contribution in [0.4, 0.5) is 11.4 Å².